The lowest BCUT2D eigenvalue weighted by molar-refractivity contribution is -0.142. The fraction of sp³-hybridized carbons (Fsp3) is 0.292. The molecule has 0 aromatic heterocycles. The summed E-state index contributed by atoms with van der Waals surface area (Å²) in [6, 6.07) is 14.2. The minimum Gasteiger partial charge on any atom is -0.494 e. The summed E-state index contributed by atoms with van der Waals surface area (Å²) in [4.78, 5) is 38.5. The van der Waals surface area contributed by atoms with Crippen molar-refractivity contribution < 1.29 is 23.9 Å². The molecule has 0 spiro atoms. The van der Waals surface area contributed by atoms with Gasteiger partial charge in [0.25, 0.3) is 0 Å². The second-order valence-corrected chi connectivity index (χ2v) is 7.50. The Hall–Kier alpha value is -3.61. The number of amides is 3. The Labute approximate surface area is 180 Å². The van der Waals surface area contributed by atoms with E-state index in [1.54, 1.807) is 24.3 Å². The van der Waals surface area contributed by atoms with Crippen molar-refractivity contribution in [2.24, 2.45) is 11.8 Å². The summed E-state index contributed by atoms with van der Waals surface area (Å²) in [5, 5.41) is 2.73. The first-order valence-corrected chi connectivity index (χ1v) is 10.4. The van der Waals surface area contributed by atoms with E-state index < -0.39 is 5.91 Å². The van der Waals surface area contributed by atoms with Gasteiger partial charge in [0.05, 0.1) is 18.4 Å². The zero-order valence-electron chi connectivity index (χ0n) is 17.2. The van der Waals surface area contributed by atoms with Crippen LogP contribution in [0.1, 0.15) is 19.8 Å². The van der Waals surface area contributed by atoms with Crippen molar-refractivity contribution in [3.05, 3.63) is 60.7 Å². The van der Waals surface area contributed by atoms with Gasteiger partial charge in [0, 0.05) is 5.69 Å². The van der Waals surface area contributed by atoms with E-state index in [2.05, 4.69) is 5.32 Å². The lowest BCUT2D eigenvalue weighted by Gasteiger charge is -2.14. The highest BCUT2D eigenvalue weighted by Gasteiger charge is 2.47. The maximum absolute atomic E-state index is 12.5. The van der Waals surface area contributed by atoms with E-state index in [1.165, 1.54) is 0 Å². The zero-order valence-corrected chi connectivity index (χ0v) is 17.2. The SMILES string of the molecule is CCOc1ccc(Oc2ccc(NC(=O)CN3C(=O)[C@@H]4CC=CC[C@H]4C3=O)cc2)cc1. The first kappa shape index (κ1) is 20.7. The van der Waals surface area contributed by atoms with Gasteiger partial charge in [-0.3, -0.25) is 19.3 Å². The van der Waals surface area contributed by atoms with Gasteiger partial charge < -0.3 is 14.8 Å². The molecule has 2 aromatic rings. The molecular formula is C24H24N2O5. The van der Waals surface area contributed by atoms with Crippen LogP contribution in [0, 0.1) is 11.8 Å². The lowest BCUT2D eigenvalue weighted by atomic mass is 9.85. The molecule has 0 unspecified atom stereocenters. The number of carbonyl (C=O) groups is 3. The van der Waals surface area contributed by atoms with Crippen LogP contribution in [0.4, 0.5) is 5.69 Å². The smallest absolute Gasteiger partial charge is 0.244 e. The van der Waals surface area contributed by atoms with E-state index >= 15 is 0 Å². The number of rotatable bonds is 7. The monoisotopic (exact) mass is 420 g/mol. The first-order chi connectivity index (χ1) is 15.0. The van der Waals surface area contributed by atoms with Gasteiger partial charge in [-0.25, -0.2) is 0 Å². The molecule has 1 heterocycles. The highest BCUT2D eigenvalue weighted by molar-refractivity contribution is 6.08. The second-order valence-electron chi connectivity index (χ2n) is 7.50. The summed E-state index contributed by atoms with van der Waals surface area (Å²) in [6.45, 7) is 2.26. The maximum atomic E-state index is 12.5. The molecule has 0 bridgehead atoms. The third kappa shape index (κ3) is 4.60. The van der Waals surface area contributed by atoms with Crippen LogP contribution < -0.4 is 14.8 Å². The fourth-order valence-corrected chi connectivity index (χ4v) is 3.88. The van der Waals surface area contributed by atoms with Crippen molar-refractivity contribution in [2.75, 3.05) is 18.5 Å². The van der Waals surface area contributed by atoms with Gasteiger partial charge in [-0.05, 0) is 68.3 Å². The molecule has 0 saturated carbocycles. The number of hydrogen-bond donors (Lipinski definition) is 1. The molecule has 1 aliphatic carbocycles. The molecule has 7 nitrogen and oxygen atoms in total. The Balaban J connectivity index is 1.32. The molecule has 1 N–H and O–H groups in total. The van der Waals surface area contributed by atoms with Crippen LogP contribution >= 0.6 is 0 Å². The fourth-order valence-electron chi connectivity index (χ4n) is 3.88. The van der Waals surface area contributed by atoms with Crippen LogP contribution in [0.3, 0.4) is 0 Å². The van der Waals surface area contributed by atoms with E-state index in [4.69, 9.17) is 9.47 Å². The zero-order chi connectivity index (χ0) is 21.8. The number of benzene rings is 2. The molecule has 0 radical (unpaired) electrons. The van der Waals surface area contributed by atoms with Gasteiger partial charge in [0.15, 0.2) is 0 Å². The van der Waals surface area contributed by atoms with Gasteiger partial charge >= 0.3 is 0 Å². The predicted molar refractivity (Wildman–Crippen MR) is 115 cm³/mol. The average molecular weight is 420 g/mol. The minimum atomic E-state index is -0.409. The van der Waals surface area contributed by atoms with Crippen molar-refractivity contribution in [3.8, 4) is 17.2 Å². The van der Waals surface area contributed by atoms with Crippen molar-refractivity contribution in [2.45, 2.75) is 19.8 Å². The summed E-state index contributed by atoms with van der Waals surface area (Å²) >= 11 is 0. The molecule has 7 heteroatoms. The highest BCUT2D eigenvalue weighted by atomic mass is 16.5. The van der Waals surface area contributed by atoms with Crippen molar-refractivity contribution in [3.63, 3.8) is 0 Å². The average Bonchev–Trinajstić information content (AvgIpc) is 3.02. The van der Waals surface area contributed by atoms with Crippen LogP contribution in [0.15, 0.2) is 60.7 Å². The van der Waals surface area contributed by atoms with Crippen LogP contribution in [0.25, 0.3) is 0 Å². The molecule has 1 fully saturated rings. The molecule has 2 aliphatic rings. The third-order valence-corrected chi connectivity index (χ3v) is 5.41. The van der Waals surface area contributed by atoms with Gasteiger partial charge in [-0.15, -0.1) is 0 Å². The number of imide groups is 1. The van der Waals surface area contributed by atoms with Crippen LogP contribution in [-0.4, -0.2) is 35.8 Å². The number of anilines is 1. The Morgan fingerprint density at radius 3 is 1.97 bits per heavy atom. The molecule has 3 amide bonds. The third-order valence-electron chi connectivity index (χ3n) is 5.41. The van der Waals surface area contributed by atoms with Gasteiger partial charge in [-0.2, -0.15) is 0 Å². The Morgan fingerprint density at radius 2 is 1.42 bits per heavy atom. The molecule has 160 valence electrons. The number of nitrogens with one attached hydrogen (secondary N) is 1. The van der Waals surface area contributed by atoms with E-state index in [0.717, 1.165) is 10.6 Å². The van der Waals surface area contributed by atoms with E-state index in [9.17, 15) is 14.4 Å². The van der Waals surface area contributed by atoms with Crippen molar-refractivity contribution >= 4 is 23.4 Å². The van der Waals surface area contributed by atoms with E-state index in [-0.39, 0.29) is 30.2 Å². The molecule has 1 saturated heterocycles. The van der Waals surface area contributed by atoms with Crippen molar-refractivity contribution in [1.82, 2.24) is 4.90 Å². The number of carbonyl (C=O) groups excluding carboxylic acids is 3. The second kappa shape index (κ2) is 9.04. The topological polar surface area (TPSA) is 84.9 Å². The quantitative estimate of drug-likeness (QED) is 0.545. The summed E-state index contributed by atoms with van der Waals surface area (Å²) in [7, 11) is 0. The number of hydrogen-bond acceptors (Lipinski definition) is 5. The largest absolute Gasteiger partial charge is 0.494 e. The number of allylic oxidation sites excluding steroid dienone is 2. The maximum Gasteiger partial charge on any atom is 0.244 e. The van der Waals surface area contributed by atoms with Crippen LogP contribution in [0.5, 0.6) is 17.2 Å². The van der Waals surface area contributed by atoms with Crippen molar-refractivity contribution in [1.29, 1.82) is 0 Å². The Kier molecular flexibility index (Phi) is 6.02. The molecule has 31 heavy (non-hydrogen) atoms. The minimum absolute atomic E-state index is 0.256. The molecular weight excluding hydrogens is 396 g/mol. The molecule has 2 atom stereocenters. The van der Waals surface area contributed by atoms with Crippen LogP contribution in [-0.2, 0) is 14.4 Å². The summed E-state index contributed by atoms with van der Waals surface area (Å²) in [5.41, 5.74) is 0.558. The summed E-state index contributed by atoms with van der Waals surface area (Å²) < 4.78 is 11.2. The van der Waals surface area contributed by atoms with Crippen LogP contribution in [0.2, 0.25) is 0 Å². The standard InChI is InChI=1S/C24H24N2O5/c1-2-30-17-11-13-19(14-12-17)31-18-9-7-16(8-10-18)25-22(27)15-26-23(28)20-5-3-4-6-21(20)24(26)29/h3-4,7-14,20-21H,2,5-6,15H2,1H3,(H,25,27)/t20-,21-/m1/s1. The summed E-state index contributed by atoms with van der Waals surface area (Å²) in [5.74, 6) is 0.480. The van der Waals surface area contributed by atoms with E-state index in [1.807, 2.05) is 43.3 Å². The number of ether oxygens (including phenoxy) is 2. The number of likely N-dealkylation sites (tertiary alicyclic amines) is 1. The lowest BCUT2D eigenvalue weighted by Crippen LogP contribution is -2.38. The highest BCUT2D eigenvalue weighted by Crippen LogP contribution is 2.35. The number of fused-ring (bicyclic) bond motifs is 1. The normalized spacial score (nSPS) is 19.8. The Bertz CT molecular complexity index is 972. The van der Waals surface area contributed by atoms with Gasteiger partial charge in [0.2, 0.25) is 17.7 Å². The molecule has 4 rings (SSSR count). The Morgan fingerprint density at radius 1 is 0.903 bits per heavy atom. The van der Waals surface area contributed by atoms with Gasteiger partial charge in [-0.1, -0.05) is 12.2 Å². The summed E-state index contributed by atoms with van der Waals surface area (Å²) in [6.07, 6.45) is 4.96. The predicted octanol–water partition coefficient (Wildman–Crippen LogP) is 3.77. The van der Waals surface area contributed by atoms with E-state index in [0.29, 0.717) is 36.6 Å². The van der Waals surface area contributed by atoms with Gasteiger partial charge in [0.1, 0.15) is 23.8 Å². The number of nitrogens with zero attached hydrogens (tertiary/aromatic N) is 1. The molecule has 1 aliphatic heterocycles. The first-order valence-electron chi connectivity index (χ1n) is 10.4. The molecule has 2 aromatic carbocycles.